The first-order valence-electron chi connectivity index (χ1n) is 18.0. The molecule has 0 atom stereocenters. The van der Waals surface area contributed by atoms with Crippen molar-refractivity contribution in [1.29, 1.82) is 0 Å². The summed E-state index contributed by atoms with van der Waals surface area (Å²) in [6.45, 7) is 0. The summed E-state index contributed by atoms with van der Waals surface area (Å²) in [6, 6.07) is 67.0. The minimum absolute atomic E-state index is 0.594. The van der Waals surface area contributed by atoms with Crippen LogP contribution in [0.25, 0.3) is 78.0 Å². The number of furan rings is 1. The normalized spacial score (nSPS) is 11.3. The summed E-state index contributed by atoms with van der Waals surface area (Å²) >= 11 is 0. The largest absolute Gasteiger partial charge is 0.456 e. The van der Waals surface area contributed by atoms with E-state index in [-0.39, 0.29) is 0 Å². The van der Waals surface area contributed by atoms with Crippen LogP contribution in [-0.4, -0.2) is 15.0 Å². The van der Waals surface area contributed by atoms with Crippen LogP contribution in [0.4, 0.5) is 17.1 Å². The summed E-state index contributed by atoms with van der Waals surface area (Å²) in [6.07, 6.45) is 0. The second kappa shape index (κ2) is 13.3. The highest BCUT2D eigenvalue weighted by Gasteiger charge is 2.20. The van der Waals surface area contributed by atoms with E-state index < -0.39 is 0 Å². The summed E-state index contributed by atoms with van der Waals surface area (Å²) in [5.41, 5.74) is 9.75. The minimum Gasteiger partial charge on any atom is -0.456 e. The highest BCUT2D eigenvalue weighted by atomic mass is 16.3. The summed E-state index contributed by atoms with van der Waals surface area (Å²) < 4.78 is 6.66. The molecule has 0 spiro atoms. The van der Waals surface area contributed by atoms with E-state index in [2.05, 4.69) is 120 Å². The Morgan fingerprint density at radius 2 is 0.889 bits per heavy atom. The van der Waals surface area contributed by atoms with Gasteiger partial charge in [-0.15, -0.1) is 0 Å². The van der Waals surface area contributed by atoms with Crippen molar-refractivity contribution in [2.45, 2.75) is 0 Å². The maximum Gasteiger partial charge on any atom is 0.164 e. The topological polar surface area (TPSA) is 55.1 Å². The molecule has 2 heterocycles. The van der Waals surface area contributed by atoms with Crippen molar-refractivity contribution in [3.05, 3.63) is 194 Å². The van der Waals surface area contributed by atoms with Crippen molar-refractivity contribution >= 4 is 49.8 Å². The van der Waals surface area contributed by atoms with Crippen molar-refractivity contribution in [2.75, 3.05) is 4.90 Å². The average molecular weight is 693 g/mol. The van der Waals surface area contributed by atoms with Crippen molar-refractivity contribution in [3.8, 4) is 45.3 Å². The zero-order valence-electron chi connectivity index (χ0n) is 29.2. The molecule has 8 aromatic carbocycles. The first-order chi connectivity index (χ1) is 26.7. The molecule has 0 radical (unpaired) electrons. The number of aromatic nitrogens is 3. The van der Waals surface area contributed by atoms with E-state index in [1.165, 1.54) is 21.9 Å². The maximum atomic E-state index is 6.66. The highest BCUT2D eigenvalue weighted by Crippen LogP contribution is 2.42. The Morgan fingerprint density at radius 3 is 1.57 bits per heavy atom. The minimum atomic E-state index is 0.594. The Labute approximate surface area is 312 Å². The molecule has 10 aromatic rings. The first-order valence-corrected chi connectivity index (χ1v) is 18.0. The van der Waals surface area contributed by atoms with Gasteiger partial charge < -0.3 is 9.32 Å². The van der Waals surface area contributed by atoms with Gasteiger partial charge in [0.2, 0.25) is 0 Å². The van der Waals surface area contributed by atoms with Crippen LogP contribution >= 0.6 is 0 Å². The number of nitrogens with zero attached hydrogens (tertiary/aromatic N) is 4. The van der Waals surface area contributed by atoms with E-state index in [0.29, 0.717) is 17.5 Å². The lowest BCUT2D eigenvalue weighted by Gasteiger charge is -2.26. The number of hydrogen-bond acceptors (Lipinski definition) is 5. The third-order valence-electron chi connectivity index (χ3n) is 9.90. The lowest BCUT2D eigenvalue weighted by Crippen LogP contribution is -2.09. The van der Waals surface area contributed by atoms with Crippen LogP contribution in [0, 0.1) is 0 Å². The van der Waals surface area contributed by atoms with E-state index in [4.69, 9.17) is 19.4 Å². The van der Waals surface area contributed by atoms with Crippen LogP contribution in [0.5, 0.6) is 0 Å². The average Bonchev–Trinajstić information content (AvgIpc) is 3.63. The first kappa shape index (κ1) is 31.4. The molecule has 10 rings (SSSR count). The van der Waals surface area contributed by atoms with Crippen LogP contribution in [0.15, 0.2) is 199 Å². The zero-order valence-corrected chi connectivity index (χ0v) is 29.2. The van der Waals surface area contributed by atoms with Crippen LogP contribution in [0.2, 0.25) is 0 Å². The molecule has 0 aliphatic carbocycles. The fourth-order valence-electron chi connectivity index (χ4n) is 7.27. The Morgan fingerprint density at radius 1 is 0.352 bits per heavy atom. The van der Waals surface area contributed by atoms with Gasteiger partial charge in [-0.25, -0.2) is 15.0 Å². The number of anilines is 3. The standard InChI is InChI=1S/C49H32N4O/c1-4-13-33(14-5-1)35-23-26-39(27-24-35)53(40-28-25-34-15-10-11-20-38(34)31-40)41-29-30-42-45(32-41)54-44-22-12-21-43(46(42)44)49-51-47(36-16-6-2-7-17-36)50-48(52-49)37-18-8-3-9-19-37/h1-32H. The SMILES string of the molecule is c1ccc(-c2ccc(N(c3ccc4ccccc4c3)c3ccc4c(c3)oc3cccc(-c5nc(-c6ccccc6)nc(-c6ccccc6)n5)c34)cc2)cc1. The van der Waals surface area contributed by atoms with E-state index in [0.717, 1.165) is 55.7 Å². The molecular formula is C49H32N4O. The van der Waals surface area contributed by atoms with E-state index >= 15 is 0 Å². The molecule has 0 saturated carbocycles. The van der Waals surface area contributed by atoms with E-state index in [9.17, 15) is 0 Å². The van der Waals surface area contributed by atoms with Crippen LogP contribution in [0.1, 0.15) is 0 Å². The molecule has 0 amide bonds. The summed E-state index contributed by atoms with van der Waals surface area (Å²) in [7, 11) is 0. The third-order valence-corrected chi connectivity index (χ3v) is 9.90. The molecule has 0 saturated heterocycles. The molecule has 0 bridgehead atoms. The number of fused-ring (bicyclic) bond motifs is 4. The van der Waals surface area contributed by atoms with E-state index in [1.807, 2.05) is 78.9 Å². The molecule has 5 heteroatoms. The maximum absolute atomic E-state index is 6.66. The molecule has 0 aliphatic rings. The Bertz CT molecular complexity index is 2870. The van der Waals surface area contributed by atoms with Gasteiger partial charge in [0.05, 0.1) is 0 Å². The van der Waals surface area contributed by atoms with E-state index in [1.54, 1.807) is 0 Å². The molecule has 54 heavy (non-hydrogen) atoms. The second-order valence-electron chi connectivity index (χ2n) is 13.3. The van der Waals surface area contributed by atoms with Gasteiger partial charge in [-0.1, -0.05) is 146 Å². The Kier molecular flexibility index (Phi) is 7.73. The van der Waals surface area contributed by atoms with Crippen LogP contribution < -0.4 is 4.90 Å². The second-order valence-corrected chi connectivity index (χ2v) is 13.3. The Hall–Kier alpha value is -7.37. The van der Waals surface area contributed by atoms with Gasteiger partial charge in [0.25, 0.3) is 0 Å². The molecule has 0 unspecified atom stereocenters. The summed E-state index contributed by atoms with van der Waals surface area (Å²) in [4.78, 5) is 17.3. The summed E-state index contributed by atoms with van der Waals surface area (Å²) in [5.74, 6) is 1.84. The van der Waals surface area contributed by atoms with Crippen molar-refractivity contribution < 1.29 is 4.42 Å². The van der Waals surface area contributed by atoms with Gasteiger partial charge in [-0.3, -0.25) is 0 Å². The lowest BCUT2D eigenvalue weighted by molar-refractivity contribution is 0.669. The number of hydrogen-bond donors (Lipinski definition) is 0. The molecule has 0 aliphatic heterocycles. The van der Waals surface area contributed by atoms with Crippen LogP contribution in [0.3, 0.4) is 0 Å². The third kappa shape index (κ3) is 5.74. The van der Waals surface area contributed by atoms with Crippen LogP contribution in [-0.2, 0) is 0 Å². The molecule has 0 fully saturated rings. The molecule has 0 N–H and O–H groups in total. The van der Waals surface area contributed by atoms with Gasteiger partial charge in [0.15, 0.2) is 17.5 Å². The van der Waals surface area contributed by atoms with Gasteiger partial charge in [-0.05, 0) is 64.4 Å². The molecule has 5 nitrogen and oxygen atoms in total. The lowest BCUT2D eigenvalue weighted by atomic mass is 10.0. The molecular weight excluding hydrogens is 661 g/mol. The monoisotopic (exact) mass is 692 g/mol. The van der Waals surface area contributed by atoms with Gasteiger partial charge >= 0.3 is 0 Å². The van der Waals surface area contributed by atoms with Gasteiger partial charge in [0.1, 0.15) is 11.2 Å². The number of rotatable bonds is 7. The smallest absolute Gasteiger partial charge is 0.164 e. The zero-order chi connectivity index (χ0) is 35.8. The summed E-state index contributed by atoms with van der Waals surface area (Å²) in [5, 5.41) is 4.33. The van der Waals surface area contributed by atoms with Crippen molar-refractivity contribution in [1.82, 2.24) is 15.0 Å². The fraction of sp³-hybridized carbons (Fsp3) is 0. The van der Waals surface area contributed by atoms with Crippen molar-refractivity contribution in [2.24, 2.45) is 0 Å². The quantitative estimate of drug-likeness (QED) is 0.166. The predicted octanol–water partition coefficient (Wildman–Crippen LogP) is 13.1. The number of benzene rings is 8. The van der Waals surface area contributed by atoms with Crippen molar-refractivity contribution in [3.63, 3.8) is 0 Å². The highest BCUT2D eigenvalue weighted by molar-refractivity contribution is 6.12. The Balaban J connectivity index is 1.12. The molecule has 2 aromatic heterocycles. The van der Waals surface area contributed by atoms with Gasteiger partial charge in [-0.2, -0.15) is 0 Å². The molecule has 254 valence electrons. The van der Waals surface area contributed by atoms with Gasteiger partial charge in [0, 0.05) is 50.6 Å². The predicted molar refractivity (Wildman–Crippen MR) is 221 cm³/mol. The fourth-order valence-corrected chi connectivity index (χ4v) is 7.27.